The van der Waals surface area contributed by atoms with E-state index in [0.717, 1.165) is 38.5 Å². The maximum absolute atomic E-state index is 13.2. The lowest BCUT2D eigenvalue weighted by molar-refractivity contribution is -0.142. The van der Waals surface area contributed by atoms with Crippen LogP contribution in [0.25, 0.3) is 0 Å². The van der Waals surface area contributed by atoms with Gasteiger partial charge in [0.25, 0.3) is 23.6 Å². The third kappa shape index (κ3) is 13.0. The van der Waals surface area contributed by atoms with Crippen LogP contribution in [0.4, 0.5) is 0 Å². The lowest BCUT2D eigenvalue weighted by atomic mass is 9.76. The van der Waals surface area contributed by atoms with Crippen LogP contribution in [0.1, 0.15) is 77.0 Å². The van der Waals surface area contributed by atoms with E-state index in [1.807, 2.05) is 24.3 Å². The fourth-order valence-electron chi connectivity index (χ4n) is 9.03. The van der Waals surface area contributed by atoms with Crippen molar-refractivity contribution in [3.8, 4) is 0 Å². The first-order chi connectivity index (χ1) is 29.4. The lowest BCUT2D eigenvalue weighted by Gasteiger charge is -2.26. The van der Waals surface area contributed by atoms with Crippen molar-refractivity contribution in [3.05, 3.63) is 48.6 Å². The molecule has 6 rings (SSSR count). The molecule has 0 N–H and O–H groups in total. The number of hydrogen-bond donors (Lipinski definition) is 0. The van der Waals surface area contributed by atoms with Crippen molar-refractivity contribution in [1.29, 1.82) is 0 Å². The van der Waals surface area contributed by atoms with Gasteiger partial charge in [-0.3, -0.25) is 67.1 Å². The number of hydrogen-bond acceptors (Lipinski definition) is 12. The highest BCUT2D eigenvalue weighted by molar-refractivity contribution is 7.57. The lowest BCUT2D eigenvalue weighted by Crippen LogP contribution is -2.33. The summed E-state index contributed by atoms with van der Waals surface area (Å²) in [6, 6.07) is 0. The highest BCUT2D eigenvalue weighted by atomic mass is 31.2. The molecule has 8 amide bonds. The van der Waals surface area contributed by atoms with Crippen LogP contribution in [-0.4, -0.2) is 133 Å². The molecule has 340 valence electrons. The Hall–Kier alpha value is -4.10. The topological polar surface area (TPSA) is 202 Å². The average molecular weight is 901 g/mol. The molecular weight excluding hydrogens is 838 g/mol. The highest BCUT2D eigenvalue weighted by Gasteiger charge is 2.51. The molecule has 4 aliphatic heterocycles. The fraction of sp³-hybridized carbons (Fsp3) is 0.636. The summed E-state index contributed by atoms with van der Waals surface area (Å²) in [5, 5.41) is 0. The third-order valence-electron chi connectivity index (χ3n) is 12.1. The minimum Gasteiger partial charge on any atom is -0.329 e. The molecule has 0 aromatic rings. The molecule has 62 heavy (non-hydrogen) atoms. The van der Waals surface area contributed by atoms with Crippen LogP contribution in [0.15, 0.2) is 48.6 Å². The van der Waals surface area contributed by atoms with Crippen molar-refractivity contribution < 1.29 is 56.5 Å². The predicted octanol–water partition coefficient (Wildman–Crippen LogP) is 5.19. The normalized spacial score (nSPS) is 25.8. The predicted molar refractivity (Wildman–Crippen MR) is 231 cm³/mol. The first kappa shape index (κ1) is 48.9. The van der Waals surface area contributed by atoms with Crippen LogP contribution in [0, 0.1) is 35.5 Å². The van der Waals surface area contributed by atoms with E-state index in [0.29, 0.717) is 77.9 Å². The minimum absolute atomic E-state index is 0.0988. The molecule has 6 aliphatic rings. The number of carbonyl (C=O) groups is 8. The van der Waals surface area contributed by atoms with Crippen molar-refractivity contribution in [1.82, 2.24) is 19.6 Å². The SMILES string of the molecule is CP(C)(=O)OCCC1C=CCC2C(=O)N(CCCCCCN3C(=O)C4CC=CC(CCOP(C)(C)=O)C4C3=O)C(=O)C12.O=C1C=CC(=O)N1CCCCCCN1C(=O)C=CC1=O. The first-order valence-corrected chi connectivity index (χ1v) is 26.9. The Bertz CT molecular complexity index is 1790. The smallest absolute Gasteiger partial charge is 0.253 e. The zero-order valence-corrected chi connectivity index (χ0v) is 38.2. The number of allylic oxidation sites excluding steroid dienone is 4. The molecule has 0 aromatic heterocycles. The number of imide groups is 4. The van der Waals surface area contributed by atoms with Crippen molar-refractivity contribution in [2.45, 2.75) is 77.0 Å². The fourth-order valence-corrected chi connectivity index (χ4v) is 10.1. The Labute approximate surface area is 364 Å². The second-order valence-corrected chi connectivity index (χ2v) is 23.0. The van der Waals surface area contributed by atoms with Gasteiger partial charge in [0.05, 0.1) is 36.9 Å². The van der Waals surface area contributed by atoms with E-state index in [9.17, 15) is 47.5 Å². The van der Waals surface area contributed by atoms with E-state index >= 15 is 0 Å². The molecule has 16 nitrogen and oxygen atoms in total. The zero-order chi connectivity index (χ0) is 45.2. The second kappa shape index (κ2) is 22.0. The van der Waals surface area contributed by atoms with Gasteiger partial charge in [-0.15, -0.1) is 0 Å². The molecule has 18 heteroatoms. The summed E-state index contributed by atoms with van der Waals surface area (Å²) in [6.45, 7) is 8.44. The molecule has 0 radical (unpaired) electrons. The van der Waals surface area contributed by atoms with Crippen molar-refractivity contribution >= 4 is 62.0 Å². The maximum atomic E-state index is 13.2. The Morgan fingerprint density at radius 1 is 0.468 bits per heavy atom. The summed E-state index contributed by atoms with van der Waals surface area (Å²) in [5.41, 5.74) is 0. The number of unbranched alkanes of at least 4 members (excludes halogenated alkanes) is 6. The molecule has 2 aliphatic carbocycles. The number of carbonyl (C=O) groups excluding carboxylic acids is 8. The van der Waals surface area contributed by atoms with Crippen LogP contribution < -0.4 is 0 Å². The van der Waals surface area contributed by atoms with Crippen LogP contribution in [-0.2, 0) is 56.5 Å². The van der Waals surface area contributed by atoms with Crippen molar-refractivity contribution in [2.75, 3.05) is 66.1 Å². The quantitative estimate of drug-likeness (QED) is 0.0597. The molecule has 4 heterocycles. The minimum atomic E-state index is -2.60. The molecule has 2 fully saturated rings. The van der Waals surface area contributed by atoms with Crippen molar-refractivity contribution in [2.24, 2.45) is 35.5 Å². The van der Waals surface area contributed by atoms with Gasteiger partial charge in [0.1, 0.15) is 0 Å². The van der Waals surface area contributed by atoms with E-state index in [2.05, 4.69) is 0 Å². The average Bonchev–Trinajstić information content (AvgIpc) is 3.87. The van der Waals surface area contributed by atoms with Crippen LogP contribution in [0.5, 0.6) is 0 Å². The Kier molecular flexibility index (Phi) is 17.4. The van der Waals surface area contributed by atoms with Gasteiger partial charge < -0.3 is 9.05 Å². The van der Waals surface area contributed by atoms with E-state index < -0.39 is 14.7 Å². The molecule has 6 atom stereocenters. The van der Waals surface area contributed by atoms with E-state index in [-0.39, 0.29) is 82.8 Å². The van der Waals surface area contributed by atoms with Crippen molar-refractivity contribution in [3.63, 3.8) is 0 Å². The van der Waals surface area contributed by atoms with Gasteiger partial charge in [-0.2, -0.15) is 0 Å². The number of fused-ring (bicyclic) bond motifs is 2. The van der Waals surface area contributed by atoms with Crippen LogP contribution in [0.3, 0.4) is 0 Å². The number of amides is 8. The van der Waals surface area contributed by atoms with Gasteiger partial charge in [-0.05, 0) is 63.2 Å². The Morgan fingerprint density at radius 3 is 1.08 bits per heavy atom. The molecule has 6 unspecified atom stereocenters. The summed E-state index contributed by atoms with van der Waals surface area (Å²) in [6.07, 6.45) is 21.3. The maximum Gasteiger partial charge on any atom is 0.253 e. The third-order valence-corrected chi connectivity index (χ3v) is 13.7. The Balaban J connectivity index is 0.000000302. The monoisotopic (exact) mass is 900 g/mol. The number of rotatable bonds is 22. The number of likely N-dealkylation sites (tertiary alicyclic amines) is 2. The standard InChI is InChI=1S/C30H46N2O8P2.C14H16N2O4/c1-41(2,37)39-19-15-21-11-9-13-23-25(21)29(35)31(27(23)33)17-7-5-6-8-18-32-28(34)24-14-10-12-22(26(24)30(32)36)16-20-40-42(3,4)38;17-11-5-6-12(18)15(11)9-3-1-2-4-10-16-13(19)7-8-14(16)20/h9-12,21-26H,5-8,13-20H2,1-4H3;5-8H,1-4,9-10H2. The molecule has 0 bridgehead atoms. The summed E-state index contributed by atoms with van der Waals surface area (Å²) >= 11 is 0. The molecule has 2 saturated heterocycles. The summed E-state index contributed by atoms with van der Waals surface area (Å²) < 4.78 is 34.6. The van der Waals surface area contributed by atoms with Gasteiger partial charge >= 0.3 is 0 Å². The highest BCUT2D eigenvalue weighted by Crippen LogP contribution is 2.44. The van der Waals surface area contributed by atoms with E-state index in [4.69, 9.17) is 9.05 Å². The van der Waals surface area contributed by atoms with Gasteiger partial charge in [0, 0.05) is 77.1 Å². The van der Waals surface area contributed by atoms with Gasteiger partial charge in [0.2, 0.25) is 23.6 Å². The van der Waals surface area contributed by atoms with Gasteiger partial charge in [-0.25, -0.2) is 0 Å². The molecular formula is C44H62N4O12P2. The summed E-state index contributed by atoms with van der Waals surface area (Å²) in [5.74, 6) is -3.12. The first-order valence-electron chi connectivity index (χ1n) is 21.9. The molecule has 0 spiro atoms. The number of nitrogens with zero attached hydrogens (tertiary/aromatic N) is 4. The van der Waals surface area contributed by atoms with E-state index in [1.54, 1.807) is 26.7 Å². The summed E-state index contributed by atoms with van der Waals surface area (Å²) in [4.78, 5) is 103. The van der Waals surface area contributed by atoms with Crippen LogP contribution in [0.2, 0.25) is 0 Å². The Morgan fingerprint density at radius 2 is 0.774 bits per heavy atom. The van der Waals surface area contributed by atoms with Crippen LogP contribution >= 0.6 is 14.7 Å². The molecule has 0 saturated carbocycles. The van der Waals surface area contributed by atoms with E-state index in [1.165, 1.54) is 43.9 Å². The van der Waals surface area contributed by atoms with Gasteiger partial charge in [-0.1, -0.05) is 50.0 Å². The van der Waals surface area contributed by atoms with Gasteiger partial charge in [0.15, 0.2) is 14.7 Å². The second-order valence-electron chi connectivity index (χ2n) is 17.5. The largest absolute Gasteiger partial charge is 0.329 e. The zero-order valence-electron chi connectivity index (χ0n) is 36.4. The molecule has 0 aromatic carbocycles. The summed E-state index contributed by atoms with van der Waals surface area (Å²) in [7, 11) is -5.20.